The van der Waals surface area contributed by atoms with Crippen molar-refractivity contribution in [3.05, 3.63) is 35.1 Å². The van der Waals surface area contributed by atoms with E-state index < -0.39 is 17.5 Å². The summed E-state index contributed by atoms with van der Waals surface area (Å²) in [6.07, 6.45) is 3.16. The highest BCUT2D eigenvalue weighted by molar-refractivity contribution is 9.09. The molecular formula is C12H14BrF3. The Morgan fingerprint density at radius 3 is 2.44 bits per heavy atom. The van der Waals surface area contributed by atoms with E-state index in [-0.39, 0.29) is 5.56 Å². The van der Waals surface area contributed by atoms with Crippen molar-refractivity contribution in [2.24, 2.45) is 0 Å². The van der Waals surface area contributed by atoms with Gasteiger partial charge in [-0.1, -0.05) is 35.3 Å². The van der Waals surface area contributed by atoms with Crippen LogP contribution >= 0.6 is 15.9 Å². The van der Waals surface area contributed by atoms with E-state index in [4.69, 9.17) is 0 Å². The van der Waals surface area contributed by atoms with Crippen LogP contribution in [-0.2, 0) is 6.42 Å². The Labute approximate surface area is 102 Å². The van der Waals surface area contributed by atoms with Crippen molar-refractivity contribution in [1.29, 1.82) is 0 Å². The molecule has 0 radical (unpaired) electrons. The van der Waals surface area contributed by atoms with Crippen LogP contribution in [0.1, 0.15) is 31.7 Å². The normalized spacial score (nSPS) is 12.8. The first-order valence-electron chi connectivity index (χ1n) is 5.32. The second-order valence-electron chi connectivity index (χ2n) is 3.76. The van der Waals surface area contributed by atoms with Crippen molar-refractivity contribution in [1.82, 2.24) is 0 Å². The summed E-state index contributed by atoms with van der Waals surface area (Å²) in [6, 6.07) is 2.27. The second-order valence-corrected chi connectivity index (χ2v) is 5.05. The van der Waals surface area contributed by atoms with Crippen LogP contribution < -0.4 is 0 Å². The summed E-state index contributed by atoms with van der Waals surface area (Å²) in [4.78, 5) is 0.296. The molecule has 0 spiro atoms. The lowest BCUT2D eigenvalue weighted by molar-refractivity contribution is 0.440. The molecule has 1 atom stereocenters. The summed E-state index contributed by atoms with van der Waals surface area (Å²) in [7, 11) is 0. The topological polar surface area (TPSA) is 0 Å². The van der Waals surface area contributed by atoms with Gasteiger partial charge < -0.3 is 0 Å². The molecule has 0 aliphatic rings. The molecule has 0 N–H and O–H groups in total. The zero-order valence-corrected chi connectivity index (χ0v) is 10.7. The molecule has 1 aromatic carbocycles. The van der Waals surface area contributed by atoms with Gasteiger partial charge in [-0.25, -0.2) is 13.2 Å². The number of halogens is 4. The van der Waals surface area contributed by atoms with Crippen molar-refractivity contribution in [2.45, 2.75) is 37.4 Å². The van der Waals surface area contributed by atoms with Gasteiger partial charge in [0.1, 0.15) is 0 Å². The van der Waals surface area contributed by atoms with Crippen molar-refractivity contribution >= 4 is 15.9 Å². The Hall–Kier alpha value is -0.510. The van der Waals surface area contributed by atoms with E-state index in [1.165, 1.54) is 6.07 Å². The quantitative estimate of drug-likeness (QED) is 0.550. The molecule has 0 saturated heterocycles. The first-order valence-corrected chi connectivity index (χ1v) is 6.24. The van der Waals surface area contributed by atoms with Gasteiger partial charge >= 0.3 is 0 Å². The standard InChI is InChI=1S/C12H14BrF3/c1-2-3-9(13)6-4-8-5-7-10(14)12(16)11(8)15/h5,7,9H,2-4,6H2,1H3. The molecule has 1 aromatic rings. The van der Waals surface area contributed by atoms with Gasteiger partial charge in [-0.15, -0.1) is 0 Å². The summed E-state index contributed by atoms with van der Waals surface area (Å²) < 4.78 is 38.8. The number of aryl methyl sites for hydroxylation is 1. The number of benzene rings is 1. The molecule has 0 nitrogen and oxygen atoms in total. The third kappa shape index (κ3) is 3.51. The van der Waals surface area contributed by atoms with Crippen molar-refractivity contribution in [2.75, 3.05) is 0 Å². The van der Waals surface area contributed by atoms with E-state index in [0.29, 0.717) is 11.2 Å². The maximum absolute atomic E-state index is 13.3. The molecule has 1 unspecified atom stereocenters. The SMILES string of the molecule is CCCC(Br)CCc1ccc(F)c(F)c1F. The van der Waals surface area contributed by atoms with Crippen molar-refractivity contribution < 1.29 is 13.2 Å². The van der Waals surface area contributed by atoms with Crippen molar-refractivity contribution in [3.8, 4) is 0 Å². The van der Waals surface area contributed by atoms with Crippen LogP contribution in [0.25, 0.3) is 0 Å². The van der Waals surface area contributed by atoms with E-state index in [0.717, 1.165) is 25.3 Å². The monoisotopic (exact) mass is 294 g/mol. The van der Waals surface area contributed by atoms with E-state index in [1.807, 2.05) is 0 Å². The molecule has 0 fully saturated rings. The fourth-order valence-electron chi connectivity index (χ4n) is 1.53. The fourth-order valence-corrected chi connectivity index (χ4v) is 2.22. The molecular weight excluding hydrogens is 281 g/mol. The third-order valence-electron chi connectivity index (χ3n) is 2.44. The van der Waals surface area contributed by atoms with Crippen LogP contribution in [0.4, 0.5) is 13.2 Å². The summed E-state index contributed by atoms with van der Waals surface area (Å²) in [5.41, 5.74) is 0.236. The number of hydrogen-bond donors (Lipinski definition) is 0. The minimum Gasteiger partial charge on any atom is -0.204 e. The highest BCUT2D eigenvalue weighted by atomic mass is 79.9. The van der Waals surface area contributed by atoms with Gasteiger partial charge in [0.2, 0.25) is 0 Å². The van der Waals surface area contributed by atoms with Gasteiger partial charge in [0.15, 0.2) is 17.5 Å². The third-order valence-corrected chi connectivity index (χ3v) is 3.36. The highest BCUT2D eigenvalue weighted by Crippen LogP contribution is 2.20. The molecule has 0 bridgehead atoms. The zero-order valence-electron chi connectivity index (χ0n) is 9.07. The van der Waals surface area contributed by atoms with E-state index in [2.05, 4.69) is 22.9 Å². The molecule has 0 aliphatic carbocycles. The van der Waals surface area contributed by atoms with Crippen LogP contribution in [-0.4, -0.2) is 4.83 Å². The molecule has 1 rings (SSSR count). The Balaban J connectivity index is 2.64. The highest BCUT2D eigenvalue weighted by Gasteiger charge is 2.14. The molecule has 0 saturated carbocycles. The van der Waals surface area contributed by atoms with Crippen LogP contribution in [0.3, 0.4) is 0 Å². The Morgan fingerprint density at radius 1 is 1.12 bits per heavy atom. The average Bonchev–Trinajstić information content (AvgIpc) is 2.25. The van der Waals surface area contributed by atoms with Gasteiger partial charge in [0, 0.05) is 4.83 Å². The molecule has 0 aliphatic heterocycles. The largest absolute Gasteiger partial charge is 0.204 e. The summed E-state index contributed by atoms with van der Waals surface area (Å²) in [6.45, 7) is 2.06. The number of hydrogen-bond acceptors (Lipinski definition) is 0. The molecule has 90 valence electrons. The summed E-state index contributed by atoms with van der Waals surface area (Å²) in [5, 5.41) is 0. The first kappa shape index (κ1) is 13.6. The number of rotatable bonds is 5. The van der Waals surface area contributed by atoms with Crippen molar-refractivity contribution in [3.63, 3.8) is 0 Å². The fraction of sp³-hybridized carbons (Fsp3) is 0.500. The second kappa shape index (κ2) is 6.28. The average molecular weight is 295 g/mol. The maximum Gasteiger partial charge on any atom is 0.194 e. The van der Waals surface area contributed by atoms with Gasteiger partial charge in [-0.2, -0.15) is 0 Å². The summed E-state index contributed by atoms with van der Waals surface area (Å²) >= 11 is 3.46. The minimum atomic E-state index is -1.38. The van der Waals surface area contributed by atoms with Gasteiger partial charge in [0.25, 0.3) is 0 Å². The van der Waals surface area contributed by atoms with Gasteiger partial charge in [-0.3, -0.25) is 0 Å². The van der Waals surface area contributed by atoms with E-state index in [1.54, 1.807) is 0 Å². The lowest BCUT2D eigenvalue weighted by Gasteiger charge is -2.09. The van der Waals surface area contributed by atoms with Crippen LogP contribution in [0.15, 0.2) is 12.1 Å². The predicted octanol–water partition coefficient (Wildman–Crippen LogP) is 4.60. The Morgan fingerprint density at radius 2 is 1.81 bits per heavy atom. The lowest BCUT2D eigenvalue weighted by atomic mass is 10.1. The lowest BCUT2D eigenvalue weighted by Crippen LogP contribution is -2.03. The maximum atomic E-state index is 13.3. The molecule has 4 heteroatoms. The van der Waals surface area contributed by atoms with Crippen LogP contribution in [0.5, 0.6) is 0 Å². The molecule has 16 heavy (non-hydrogen) atoms. The van der Waals surface area contributed by atoms with Gasteiger partial charge in [-0.05, 0) is 30.9 Å². The zero-order chi connectivity index (χ0) is 12.1. The molecule has 0 heterocycles. The minimum absolute atomic E-state index is 0.236. The Kier molecular flexibility index (Phi) is 5.32. The summed E-state index contributed by atoms with van der Waals surface area (Å²) in [5.74, 6) is -3.57. The molecule has 0 amide bonds. The predicted molar refractivity (Wildman–Crippen MR) is 62.3 cm³/mol. The van der Waals surface area contributed by atoms with E-state index in [9.17, 15) is 13.2 Å². The van der Waals surface area contributed by atoms with E-state index >= 15 is 0 Å². The number of alkyl halides is 1. The Bertz CT molecular complexity index is 352. The first-order chi connectivity index (χ1) is 7.56. The van der Waals surface area contributed by atoms with Crippen LogP contribution in [0.2, 0.25) is 0 Å². The molecule has 0 aromatic heterocycles. The smallest absolute Gasteiger partial charge is 0.194 e. The van der Waals surface area contributed by atoms with Crippen LogP contribution in [0, 0.1) is 17.5 Å². The van der Waals surface area contributed by atoms with Gasteiger partial charge in [0.05, 0.1) is 0 Å².